The summed E-state index contributed by atoms with van der Waals surface area (Å²) < 4.78 is 71.9. The van der Waals surface area contributed by atoms with Crippen LogP contribution in [0.2, 0.25) is 0 Å². The Balaban J connectivity index is 1.91. The number of nitrogens with one attached hydrogen (secondary N) is 1. The highest BCUT2D eigenvalue weighted by Gasteiger charge is 2.65. The molecule has 1 aliphatic rings. The first kappa shape index (κ1) is 48.7. The number of hydrogen-bond donors (Lipinski definition) is 2. The Morgan fingerprint density at radius 3 is 1.98 bits per heavy atom. The summed E-state index contributed by atoms with van der Waals surface area (Å²) in [7, 11) is -4.99. The van der Waals surface area contributed by atoms with Crippen LogP contribution in [0.5, 0.6) is 0 Å². The van der Waals surface area contributed by atoms with Gasteiger partial charge in [0.15, 0.2) is 30.4 Å². The van der Waals surface area contributed by atoms with Crippen LogP contribution in [-0.4, -0.2) is 101 Å². The molecule has 0 spiro atoms. The smallest absolute Gasteiger partial charge is 0.456 e. The maximum atomic E-state index is 15.3. The van der Waals surface area contributed by atoms with Gasteiger partial charge in [-0.05, 0) is 12.8 Å². The van der Waals surface area contributed by atoms with E-state index in [1.54, 1.807) is 44.2 Å². The number of ketones is 1. The van der Waals surface area contributed by atoms with Gasteiger partial charge >= 0.3 is 37.4 Å². The number of hydrogen-bond acceptors (Lipinski definition) is 18. The van der Waals surface area contributed by atoms with Crippen molar-refractivity contribution >= 4 is 37.5 Å². The summed E-state index contributed by atoms with van der Waals surface area (Å²) in [6, 6.07) is 8.12. The van der Waals surface area contributed by atoms with E-state index in [-0.39, 0.29) is 12.3 Å². The SMILES string of the molecule is CC(=O)O[C@@H]1[C@@](CF)(COP(=O)(OCOC(=O)C(C)C)OCOC(=O)C(C)C)O[C@@H](n2ccc(=O)n(COC(=O)C(NCC(=O)c3ccccc3)C(C)C)c2=O)[C@]1(C)O. The van der Waals surface area contributed by atoms with Crippen molar-refractivity contribution in [2.75, 3.05) is 33.4 Å². The monoisotopic (exact) mass is 859 g/mol. The molecule has 1 fully saturated rings. The third-order valence-electron chi connectivity index (χ3n) is 8.78. The molecule has 1 aromatic carbocycles. The van der Waals surface area contributed by atoms with E-state index in [2.05, 4.69) is 5.32 Å². The van der Waals surface area contributed by atoms with Gasteiger partial charge in [0.25, 0.3) is 5.56 Å². The number of carbonyl (C=O) groups excluding carboxylic acids is 5. The molecule has 0 amide bonds. The van der Waals surface area contributed by atoms with Crippen molar-refractivity contribution < 1.29 is 75.3 Å². The largest absolute Gasteiger partial charge is 0.480 e. The van der Waals surface area contributed by atoms with Gasteiger partial charge < -0.3 is 28.8 Å². The van der Waals surface area contributed by atoms with Crippen molar-refractivity contribution in [1.29, 1.82) is 0 Å². The average Bonchev–Trinajstić information content (AvgIpc) is 3.38. The highest BCUT2D eigenvalue weighted by atomic mass is 31.2. The zero-order chi connectivity index (χ0) is 44.3. The van der Waals surface area contributed by atoms with Crippen LogP contribution in [0.1, 0.15) is 72.0 Å². The minimum Gasteiger partial charge on any atom is -0.456 e. The van der Waals surface area contributed by atoms with Gasteiger partial charge in [-0.1, -0.05) is 71.9 Å². The molecule has 1 saturated heterocycles. The zero-order valence-corrected chi connectivity index (χ0v) is 34.8. The summed E-state index contributed by atoms with van der Waals surface area (Å²) in [5, 5.41) is 14.6. The van der Waals surface area contributed by atoms with Crippen molar-refractivity contribution in [2.45, 2.75) is 91.7 Å². The molecule has 2 N–H and O–H groups in total. The Morgan fingerprint density at radius 2 is 1.47 bits per heavy atom. The number of esters is 4. The van der Waals surface area contributed by atoms with Crippen LogP contribution in [0.4, 0.5) is 4.39 Å². The van der Waals surface area contributed by atoms with E-state index in [1.807, 2.05) is 0 Å². The van der Waals surface area contributed by atoms with Gasteiger partial charge in [0, 0.05) is 24.8 Å². The summed E-state index contributed by atoms with van der Waals surface area (Å²) in [5.74, 6) is -5.50. The predicted molar refractivity (Wildman–Crippen MR) is 201 cm³/mol. The first-order valence-electron chi connectivity index (χ1n) is 18.4. The van der Waals surface area contributed by atoms with Gasteiger partial charge in [0.1, 0.15) is 18.3 Å². The fourth-order valence-corrected chi connectivity index (χ4v) is 6.51. The number of phosphoric ester groups is 1. The molecule has 2 aromatic rings. The second-order valence-corrected chi connectivity index (χ2v) is 16.3. The van der Waals surface area contributed by atoms with Gasteiger partial charge in [-0.25, -0.2) is 27.4 Å². The highest BCUT2D eigenvalue weighted by Crippen LogP contribution is 2.53. The number of aromatic nitrogens is 2. The topological polar surface area (TPSA) is 253 Å². The predicted octanol–water partition coefficient (Wildman–Crippen LogP) is 2.40. The van der Waals surface area contributed by atoms with Crippen LogP contribution in [-0.2, 0) is 67.7 Å². The number of halogens is 1. The van der Waals surface area contributed by atoms with E-state index >= 15 is 4.39 Å². The summed E-state index contributed by atoms with van der Waals surface area (Å²) in [6.45, 7) is 5.25. The van der Waals surface area contributed by atoms with Gasteiger partial charge in [0.05, 0.1) is 25.0 Å². The van der Waals surface area contributed by atoms with Crippen LogP contribution in [0.15, 0.2) is 52.2 Å². The zero-order valence-electron chi connectivity index (χ0n) is 33.9. The number of carbonyl (C=O) groups is 5. The van der Waals surface area contributed by atoms with Crippen molar-refractivity contribution in [3.05, 3.63) is 69.0 Å². The molecule has 1 aliphatic heterocycles. The van der Waals surface area contributed by atoms with Crippen molar-refractivity contribution in [2.24, 2.45) is 17.8 Å². The number of aliphatic hydroxyl groups is 1. The molecule has 1 aromatic heterocycles. The van der Waals surface area contributed by atoms with Gasteiger partial charge in [-0.15, -0.1) is 0 Å². The fraction of sp³-hybridized carbons (Fsp3) is 0.595. The first-order valence-corrected chi connectivity index (χ1v) is 19.9. The van der Waals surface area contributed by atoms with Crippen LogP contribution in [0, 0.1) is 17.8 Å². The van der Waals surface area contributed by atoms with E-state index in [0.717, 1.165) is 26.1 Å². The van der Waals surface area contributed by atoms with Gasteiger partial charge in [0.2, 0.25) is 13.6 Å². The molecule has 5 atom stereocenters. The lowest BCUT2D eigenvalue weighted by Crippen LogP contribution is -2.55. The van der Waals surface area contributed by atoms with Gasteiger partial charge in [-0.3, -0.25) is 43.2 Å². The molecule has 0 bridgehead atoms. The maximum Gasteiger partial charge on any atom is 0.480 e. The van der Waals surface area contributed by atoms with E-state index in [9.17, 15) is 43.2 Å². The van der Waals surface area contributed by atoms with Crippen molar-refractivity contribution in [1.82, 2.24) is 14.5 Å². The number of alkyl halides is 1. The van der Waals surface area contributed by atoms with Crippen LogP contribution < -0.4 is 16.6 Å². The lowest BCUT2D eigenvalue weighted by atomic mass is 9.88. The molecule has 1 unspecified atom stereocenters. The molecular weight excluding hydrogens is 808 g/mol. The second kappa shape index (κ2) is 21.1. The van der Waals surface area contributed by atoms with Gasteiger partial charge in [-0.2, -0.15) is 0 Å². The van der Waals surface area contributed by atoms with Crippen molar-refractivity contribution in [3.8, 4) is 0 Å². The summed E-state index contributed by atoms with van der Waals surface area (Å²) in [6.07, 6.45) is -3.12. The first-order chi connectivity index (χ1) is 27.6. The molecular formula is C37H51FN3O17P. The van der Waals surface area contributed by atoms with E-state index in [0.29, 0.717) is 14.7 Å². The van der Waals surface area contributed by atoms with Crippen molar-refractivity contribution in [3.63, 3.8) is 0 Å². The Morgan fingerprint density at radius 1 is 0.898 bits per heavy atom. The summed E-state index contributed by atoms with van der Waals surface area (Å²) in [4.78, 5) is 88.8. The highest BCUT2D eigenvalue weighted by molar-refractivity contribution is 7.48. The van der Waals surface area contributed by atoms with Crippen LogP contribution in [0.25, 0.3) is 0 Å². The lowest BCUT2D eigenvalue weighted by molar-refractivity contribution is -0.174. The standard InChI is InChI=1S/C37H51FN3O17P/c1-22(2)29(39-16-27(43)26-12-10-9-11-13-26)32(47)51-19-41-28(44)14-15-40(35(41)48)34-36(8,49)33(57-25(7)42)37(17-38,58-34)18-54-59(50,55-20-52-30(45)23(3)4)56-21-53-31(46)24(5)6/h9-15,22-24,29,33-34,39,49H,16-21H2,1-8H3/t29?,33-,34+,36+,37+/m0/s1. The third-order valence-corrected chi connectivity index (χ3v) is 10.1. The minimum absolute atomic E-state index is 0.234. The molecule has 22 heteroatoms. The van der Waals surface area contributed by atoms with Crippen LogP contribution in [0.3, 0.4) is 0 Å². The molecule has 59 heavy (non-hydrogen) atoms. The Labute approximate surface area is 338 Å². The van der Waals surface area contributed by atoms with E-state index in [4.69, 9.17) is 37.3 Å². The number of nitrogens with zero attached hydrogens (tertiary/aromatic N) is 2. The van der Waals surface area contributed by atoms with E-state index in [1.165, 1.54) is 27.7 Å². The molecule has 2 heterocycles. The molecule has 0 aliphatic carbocycles. The third kappa shape index (κ3) is 12.7. The number of ether oxygens (including phenoxy) is 5. The lowest BCUT2D eigenvalue weighted by Gasteiger charge is -2.34. The van der Waals surface area contributed by atoms with Crippen LogP contribution >= 0.6 is 7.82 Å². The Hall–Kier alpha value is -4.63. The fourth-order valence-electron chi connectivity index (χ4n) is 5.54. The molecule has 0 saturated carbocycles. The quantitative estimate of drug-likeness (QED) is 0.0567. The average molecular weight is 860 g/mol. The molecule has 0 radical (unpaired) electrons. The number of phosphoric acid groups is 1. The normalized spacial score (nSPS) is 21.0. The number of Topliss-reactive ketones (excluding diaryl/α,β-unsaturated/α-hetero) is 1. The summed E-state index contributed by atoms with van der Waals surface area (Å²) in [5.41, 5.74) is -6.91. The molecule has 3 rings (SSSR count). The Bertz CT molecular complexity index is 1940. The minimum atomic E-state index is -4.99. The second-order valence-electron chi connectivity index (χ2n) is 14.6. The van der Waals surface area contributed by atoms with E-state index < -0.39 is 124 Å². The Kier molecular flexibility index (Phi) is 17.4. The summed E-state index contributed by atoms with van der Waals surface area (Å²) >= 11 is 0. The number of rotatable bonds is 22. The molecule has 20 nitrogen and oxygen atoms in total. The maximum absolute atomic E-state index is 15.3. The molecule has 328 valence electrons. The number of benzene rings is 1.